The molecule has 0 unspecified atom stereocenters. The number of carbonyl (C=O) groups is 1. The van der Waals surface area contributed by atoms with Crippen molar-refractivity contribution >= 4 is 22.2 Å². The molecular formula is C15H11FN2OS. The molecule has 1 amide bonds. The first-order chi connectivity index (χ1) is 9.69. The summed E-state index contributed by atoms with van der Waals surface area (Å²) in [6.07, 6.45) is 2.92. The molecule has 1 N–H and O–H groups in total. The second-order valence-corrected chi connectivity index (χ2v) is 5.74. The summed E-state index contributed by atoms with van der Waals surface area (Å²) in [5, 5.41) is 12.5. The van der Waals surface area contributed by atoms with E-state index in [1.54, 1.807) is 6.07 Å². The van der Waals surface area contributed by atoms with E-state index in [9.17, 15) is 14.4 Å². The number of hydrogen-bond acceptors (Lipinski definition) is 3. The molecule has 0 radical (unpaired) electrons. The van der Waals surface area contributed by atoms with Crippen LogP contribution >= 0.6 is 11.3 Å². The van der Waals surface area contributed by atoms with Gasteiger partial charge in [-0.3, -0.25) is 4.79 Å². The van der Waals surface area contributed by atoms with Crippen LogP contribution in [0.2, 0.25) is 0 Å². The Morgan fingerprint density at radius 3 is 3.00 bits per heavy atom. The number of carbonyl (C=O) groups excluding carboxylic acids is 1. The van der Waals surface area contributed by atoms with E-state index in [4.69, 9.17) is 0 Å². The van der Waals surface area contributed by atoms with Crippen LogP contribution < -0.4 is 5.32 Å². The number of nitriles is 1. The third-order valence-electron chi connectivity index (χ3n) is 3.35. The van der Waals surface area contributed by atoms with Crippen molar-refractivity contribution in [2.75, 3.05) is 5.32 Å². The van der Waals surface area contributed by atoms with E-state index in [1.165, 1.54) is 34.4 Å². The lowest BCUT2D eigenvalue weighted by Crippen LogP contribution is -2.12. The molecule has 1 aromatic carbocycles. The number of thiophene rings is 1. The molecule has 1 aliphatic rings. The fourth-order valence-electron chi connectivity index (χ4n) is 2.42. The normalized spacial score (nSPS) is 12.8. The lowest BCUT2D eigenvalue weighted by Gasteiger charge is -2.04. The van der Waals surface area contributed by atoms with Crippen LogP contribution in [0.3, 0.4) is 0 Å². The highest BCUT2D eigenvalue weighted by molar-refractivity contribution is 7.16. The quantitative estimate of drug-likeness (QED) is 0.918. The third-order valence-corrected chi connectivity index (χ3v) is 4.55. The third kappa shape index (κ3) is 2.19. The van der Waals surface area contributed by atoms with Gasteiger partial charge in [0.15, 0.2) is 0 Å². The molecule has 5 heteroatoms. The number of aryl methyl sites for hydroxylation is 1. The van der Waals surface area contributed by atoms with Crippen LogP contribution in [0.4, 0.5) is 9.39 Å². The van der Waals surface area contributed by atoms with Gasteiger partial charge < -0.3 is 5.32 Å². The second kappa shape index (κ2) is 5.06. The number of halogens is 1. The maximum atomic E-state index is 13.1. The van der Waals surface area contributed by atoms with Gasteiger partial charge in [-0.2, -0.15) is 5.26 Å². The molecule has 3 rings (SSSR count). The topological polar surface area (TPSA) is 52.9 Å². The van der Waals surface area contributed by atoms with Gasteiger partial charge in [-0.1, -0.05) is 6.07 Å². The van der Waals surface area contributed by atoms with Crippen LogP contribution in [0.1, 0.15) is 32.8 Å². The number of fused-ring (bicyclic) bond motifs is 1. The molecule has 0 spiro atoms. The monoisotopic (exact) mass is 286 g/mol. The van der Waals surface area contributed by atoms with Gasteiger partial charge in [-0.15, -0.1) is 11.3 Å². The lowest BCUT2D eigenvalue weighted by molar-refractivity contribution is 0.102. The number of nitrogens with zero attached hydrogens (tertiary/aromatic N) is 1. The highest BCUT2D eigenvalue weighted by Crippen LogP contribution is 2.38. The Morgan fingerprint density at radius 1 is 1.40 bits per heavy atom. The van der Waals surface area contributed by atoms with E-state index in [0.717, 1.165) is 24.8 Å². The molecule has 0 saturated carbocycles. The van der Waals surface area contributed by atoms with Gasteiger partial charge >= 0.3 is 0 Å². The average Bonchev–Trinajstić information content (AvgIpc) is 2.98. The average molecular weight is 286 g/mol. The minimum absolute atomic E-state index is 0.252. The minimum Gasteiger partial charge on any atom is -0.312 e. The lowest BCUT2D eigenvalue weighted by atomic mass is 10.1. The van der Waals surface area contributed by atoms with E-state index >= 15 is 0 Å². The SMILES string of the molecule is N#Cc1c(NC(=O)c2cccc(F)c2)sc2c1CCC2. The fraction of sp³-hybridized carbons (Fsp3) is 0.200. The van der Waals surface area contributed by atoms with Crippen molar-refractivity contribution in [3.63, 3.8) is 0 Å². The molecule has 20 heavy (non-hydrogen) atoms. The highest BCUT2D eigenvalue weighted by Gasteiger charge is 2.23. The zero-order valence-corrected chi connectivity index (χ0v) is 11.4. The zero-order valence-electron chi connectivity index (χ0n) is 10.6. The fourth-order valence-corrected chi connectivity index (χ4v) is 3.65. The molecule has 100 valence electrons. The van der Waals surface area contributed by atoms with Crippen molar-refractivity contribution in [2.24, 2.45) is 0 Å². The van der Waals surface area contributed by atoms with Crippen LogP contribution in [-0.2, 0) is 12.8 Å². The van der Waals surface area contributed by atoms with Crippen LogP contribution in [0, 0.1) is 17.1 Å². The predicted octanol–water partition coefficient (Wildman–Crippen LogP) is 3.50. The Labute approximate surface area is 119 Å². The molecule has 0 bridgehead atoms. The van der Waals surface area contributed by atoms with E-state index in [-0.39, 0.29) is 11.5 Å². The Hall–Kier alpha value is -2.19. The molecule has 0 saturated heterocycles. The van der Waals surface area contributed by atoms with E-state index in [1.807, 2.05) is 0 Å². The van der Waals surface area contributed by atoms with Gasteiger partial charge in [0, 0.05) is 10.4 Å². The van der Waals surface area contributed by atoms with Crippen molar-refractivity contribution in [3.05, 3.63) is 51.7 Å². The number of rotatable bonds is 2. The highest BCUT2D eigenvalue weighted by atomic mass is 32.1. The first-order valence-corrected chi connectivity index (χ1v) is 7.12. The minimum atomic E-state index is -0.452. The number of nitrogens with one attached hydrogen (secondary N) is 1. The maximum absolute atomic E-state index is 13.1. The molecule has 2 aromatic rings. The zero-order chi connectivity index (χ0) is 14.1. The van der Waals surface area contributed by atoms with E-state index in [0.29, 0.717) is 10.6 Å². The molecule has 0 aliphatic heterocycles. The van der Waals surface area contributed by atoms with Crippen LogP contribution in [0.5, 0.6) is 0 Å². The number of benzene rings is 1. The van der Waals surface area contributed by atoms with Crippen molar-refractivity contribution in [2.45, 2.75) is 19.3 Å². The van der Waals surface area contributed by atoms with Gasteiger partial charge in [-0.05, 0) is 43.0 Å². The summed E-state index contributed by atoms with van der Waals surface area (Å²) in [6.45, 7) is 0. The largest absolute Gasteiger partial charge is 0.312 e. The molecule has 0 atom stereocenters. The van der Waals surface area contributed by atoms with Crippen molar-refractivity contribution in [3.8, 4) is 6.07 Å². The van der Waals surface area contributed by atoms with Crippen molar-refractivity contribution < 1.29 is 9.18 Å². The van der Waals surface area contributed by atoms with Crippen LogP contribution in [0.25, 0.3) is 0 Å². The number of amides is 1. The van der Waals surface area contributed by atoms with E-state index in [2.05, 4.69) is 11.4 Å². The molecular weight excluding hydrogens is 275 g/mol. The van der Waals surface area contributed by atoms with Gasteiger partial charge in [0.1, 0.15) is 16.9 Å². The predicted molar refractivity (Wildman–Crippen MR) is 75.4 cm³/mol. The Morgan fingerprint density at radius 2 is 2.25 bits per heavy atom. The molecule has 1 heterocycles. The molecule has 3 nitrogen and oxygen atoms in total. The Kier molecular flexibility index (Phi) is 3.25. The smallest absolute Gasteiger partial charge is 0.256 e. The van der Waals surface area contributed by atoms with Gasteiger partial charge in [0.25, 0.3) is 5.91 Å². The van der Waals surface area contributed by atoms with E-state index < -0.39 is 5.82 Å². The summed E-state index contributed by atoms with van der Waals surface area (Å²) in [4.78, 5) is 13.3. The first kappa shape index (κ1) is 12.8. The van der Waals surface area contributed by atoms with Gasteiger partial charge in [0.05, 0.1) is 5.56 Å². The van der Waals surface area contributed by atoms with Crippen LogP contribution in [-0.4, -0.2) is 5.91 Å². The summed E-state index contributed by atoms with van der Waals surface area (Å²) in [5.74, 6) is -0.840. The molecule has 1 aromatic heterocycles. The maximum Gasteiger partial charge on any atom is 0.256 e. The van der Waals surface area contributed by atoms with Gasteiger partial charge in [0.2, 0.25) is 0 Å². The summed E-state index contributed by atoms with van der Waals surface area (Å²) >= 11 is 1.45. The van der Waals surface area contributed by atoms with Crippen molar-refractivity contribution in [1.82, 2.24) is 0 Å². The second-order valence-electron chi connectivity index (χ2n) is 4.64. The summed E-state index contributed by atoms with van der Waals surface area (Å²) in [5.41, 5.74) is 1.88. The standard InChI is InChI=1S/C15H11FN2OS/c16-10-4-1-3-9(7-10)14(19)18-15-12(8-17)11-5-2-6-13(11)20-15/h1,3-4,7H,2,5-6H2,(H,18,19). The number of hydrogen-bond donors (Lipinski definition) is 1. The molecule has 1 aliphatic carbocycles. The summed E-state index contributed by atoms with van der Waals surface area (Å²) < 4.78 is 13.1. The summed E-state index contributed by atoms with van der Waals surface area (Å²) in [6, 6.07) is 7.68. The Bertz CT molecular complexity index is 730. The van der Waals surface area contributed by atoms with Crippen LogP contribution in [0.15, 0.2) is 24.3 Å². The van der Waals surface area contributed by atoms with Gasteiger partial charge in [-0.25, -0.2) is 4.39 Å². The Balaban J connectivity index is 1.89. The molecule has 0 fully saturated rings. The first-order valence-electron chi connectivity index (χ1n) is 6.30. The number of anilines is 1. The van der Waals surface area contributed by atoms with Crippen molar-refractivity contribution in [1.29, 1.82) is 5.26 Å². The summed E-state index contributed by atoms with van der Waals surface area (Å²) in [7, 11) is 0.